The molecule has 5 rings (SSSR count). The number of carbonyl (C=O) groups excluding carboxylic acids is 1. The Morgan fingerprint density at radius 3 is 1.72 bits per heavy atom. The van der Waals surface area contributed by atoms with Crippen LogP contribution in [0, 0.1) is 0 Å². The summed E-state index contributed by atoms with van der Waals surface area (Å²) in [5, 5.41) is 2.52. The van der Waals surface area contributed by atoms with Crippen molar-refractivity contribution >= 4 is 52.5 Å². The second kappa shape index (κ2) is 19.4. The van der Waals surface area contributed by atoms with Crippen LogP contribution in [0.3, 0.4) is 0 Å². The van der Waals surface area contributed by atoms with Gasteiger partial charge in [0.2, 0.25) is 10.1 Å². The van der Waals surface area contributed by atoms with Gasteiger partial charge in [-0.05, 0) is 28.8 Å². The summed E-state index contributed by atoms with van der Waals surface area (Å²) >= 11 is 17.4. The average Bonchev–Trinajstić information content (AvgIpc) is 3.14. The van der Waals surface area contributed by atoms with Crippen LogP contribution >= 0.6 is 34.8 Å². The van der Waals surface area contributed by atoms with Gasteiger partial charge in [-0.1, -0.05) is 144 Å². The normalized spacial score (nSPS) is 20.8. The first-order chi connectivity index (χ1) is 25.4. The molecule has 0 aromatic heterocycles. The van der Waals surface area contributed by atoms with E-state index in [9.17, 15) is 18.0 Å². The number of nitrogens with one attached hydrogen (secondary N) is 1. The van der Waals surface area contributed by atoms with Crippen molar-refractivity contribution in [1.29, 1.82) is 0 Å². The molecular formula is C38H36Cl3F3N2O7. The molecule has 53 heavy (non-hydrogen) atoms. The molecule has 5 atom stereocenters. The van der Waals surface area contributed by atoms with Gasteiger partial charge in [-0.15, -0.1) is 0 Å². The maximum atomic E-state index is 14.6. The summed E-state index contributed by atoms with van der Waals surface area (Å²) < 4.78 is 77.6. The molecule has 1 aliphatic heterocycles. The number of aliphatic imine (C=N–C) groups is 1. The van der Waals surface area contributed by atoms with E-state index in [0.29, 0.717) is 0 Å². The van der Waals surface area contributed by atoms with Gasteiger partial charge in [-0.25, -0.2) is 9.79 Å². The first-order valence-corrected chi connectivity index (χ1v) is 17.5. The van der Waals surface area contributed by atoms with Crippen molar-refractivity contribution < 1.29 is 46.4 Å². The number of rotatable bonds is 14. The van der Waals surface area contributed by atoms with Crippen molar-refractivity contribution in [2.24, 2.45) is 4.99 Å². The lowest BCUT2D eigenvalue weighted by Gasteiger charge is -2.46. The van der Waals surface area contributed by atoms with E-state index >= 15 is 0 Å². The molecule has 0 bridgehead atoms. The molecule has 1 aliphatic rings. The van der Waals surface area contributed by atoms with E-state index in [0.717, 1.165) is 16.7 Å². The maximum absolute atomic E-state index is 14.6. The van der Waals surface area contributed by atoms with E-state index < -0.39 is 59.2 Å². The molecule has 4 aromatic rings. The third-order valence-electron chi connectivity index (χ3n) is 7.72. The lowest BCUT2D eigenvalue weighted by molar-refractivity contribution is -0.277. The summed E-state index contributed by atoms with van der Waals surface area (Å²) in [5.41, 5.74) is 2.33. The molecule has 1 amide bonds. The molecule has 1 fully saturated rings. The predicted molar refractivity (Wildman–Crippen MR) is 194 cm³/mol. The fourth-order valence-corrected chi connectivity index (χ4v) is 5.47. The maximum Gasteiger partial charge on any atom is 0.468 e. The summed E-state index contributed by atoms with van der Waals surface area (Å²) in [5.74, 6) is -1.63. The number of para-hydroxylation sites is 1. The van der Waals surface area contributed by atoms with E-state index in [-0.39, 0.29) is 32.1 Å². The minimum absolute atomic E-state index is 0.0351. The highest BCUT2D eigenvalue weighted by Gasteiger charge is 2.52. The number of alkyl halides is 6. The van der Waals surface area contributed by atoms with Gasteiger partial charge in [-0.2, -0.15) is 13.2 Å². The summed E-state index contributed by atoms with van der Waals surface area (Å²) in [7, 11) is 0. The molecule has 0 radical (unpaired) electrons. The molecule has 15 heteroatoms. The Kier molecular flexibility index (Phi) is 14.8. The van der Waals surface area contributed by atoms with Crippen LogP contribution < -0.4 is 5.32 Å². The fraction of sp³-hybridized carbons (Fsp3) is 0.316. The van der Waals surface area contributed by atoms with Crippen molar-refractivity contribution in [3.8, 4) is 0 Å². The van der Waals surface area contributed by atoms with Gasteiger partial charge in [0.05, 0.1) is 32.1 Å². The van der Waals surface area contributed by atoms with Crippen LogP contribution in [0.2, 0.25) is 0 Å². The average molecular weight is 796 g/mol. The van der Waals surface area contributed by atoms with Crippen LogP contribution in [-0.4, -0.2) is 65.8 Å². The highest BCUT2D eigenvalue weighted by molar-refractivity contribution is 6.67. The van der Waals surface area contributed by atoms with Gasteiger partial charge in [0.25, 0.3) is 5.90 Å². The predicted octanol–water partition coefficient (Wildman–Crippen LogP) is 8.87. The fourth-order valence-electron chi connectivity index (χ4n) is 5.30. The van der Waals surface area contributed by atoms with E-state index in [1.807, 2.05) is 66.7 Å². The van der Waals surface area contributed by atoms with Crippen molar-refractivity contribution in [1.82, 2.24) is 5.32 Å². The zero-order chi connectivity index (χ0) is 37.7. The van der Waals surface area contributed by atoms with Gasteiger partial charge in [0.1, 0.15) is 31.0 Å². The number of hydrogen-bond donors (Lipinski definition) is 1. The van der Waals surface area contributed by atoms with Crippen LogP contribution in [0.4, 0.5) is 23.7 Å². The summed E-state index contributed by atoms with van der Waals surface area (Å²) in [6, 6.07) is 33.4. The van der Waals surface area contributed by atoms with Gasteiger partial charge in [-0.3, -0.25) is 0 Å². The van der Waals surface area contributed by atoms with Gasteiger partial charge in [0, 0.05) is 0 Å². The number of alkyl carbamates (subject to hydrolysis) is 1. The standard InChI is InChI=1S/C38H36Cl3F3N2O7/c39-37(40,41)25-51-36(47)46-31-33(50-23-28-17-9-3-10-18-28)32(49-22-27-15-7-2-8-16-27)30(24-48-21-26-13-5-1-6-14-26)52-34(31)53-35(38(42,43)44)45-29-19-11-4-12-20-29/h1-20,30-34H,21-25H2,(H,46,47)/t30-,31-,32-,33-,34?/m1/s1. The monoisotopic (exact) mass is 794 g/mol. The smallest absolute Gasteiger partial charge is 0.445 e. The second-order valence-electron chi connectivity index (χ2n) is 11.8. The Morgan fingerprint density at radius 2 is 1.21 bits per heavy atom. The topological polar surface area (TPSA) is 96.8 Å². The van der Waals surface area contributed by atoms with Crippen LogP contribution in [0.15, 0.2) is 126 Å². The molecule has 4 aromatic carbocycles. The highest BCUT2D eigenvalue weighted by atomic mass is 35.6. The lowest BCUT2D eigenvalue weighted by atomic mass is 9.96. The number of hydrogen-bond acceptors (Lipinski definition) is 8. The lowest BCUT2D eigenvalue weighted by Crippen LogP contribution is -2.66. The Bertz CT molecular complexity index is 1720. The summed E-state index contributed by atoms with van der Waals surface area (Å²) in [6.45, 7) is -0.672. The first kappa shape index (κ1) is 40.3. The molecule has 0 aliphatic carbocycles. The quantitative estimate of drug-likeness (QED) is 0.0774. The number of carbonyl (C=O) groups is 1. The molecule has 282 valence electrons. The Labute approximate surface area is 319 Å². The molecule has 0 spiro atoms. The Balaban J connectivity index is 1.54. The third-order valence-corrected chi connectivity index (χ3v) is 8.05. The SMILES string of the molecule is O=C(N[C@H]1C(OC(=Nc2ccccc2)C(F)(F)F)O[C@H](COCc2ccccc2)[C@@H](OCc2ccccc2)[C@@H]1OCc1ccccc1)OCC(Cl)(Cl)Cl. The summed E-state index contributed by atoms with van der Waals surface area (Å²) in [6.07, 6.45) is -11.5. The first-order valence-electron chi connectivity index (χ1n) is 16.4. The number of amides is 1. The third kappa shape index (κ3) is 13.2. The minimum Gasteiger partial charge on any atom is -0.445 e. The highest BCUT2D eigenvalue weighted by Crippen LogP contribution is 2.33. The van der Waals surface area contributed by atoms with E-state index in [2.05, 4.69) is 10.3 Å². The molecular weight excluding hydrogens is 760 g/mol. The molecule has 1 heterocycles. The molecule has 1 N–H and O–H groups in total. The van der Waals surface area contributed by atoms with Crippen LogP contribution in [-0.2, 0) is 48.2 Å². The Morgan fingerprint density at radius 1 is 0.717 bits per heavy atom. The van der Waals surface area contributed by atoms with Crippen molar-refractivity contribution in [2.45, 2.75) is 60.4 Å². The molecule has 1 saturated heterocycles. The zero-order valence-electron chi connectivity index (χ0n) is 28.0. The van der Waals surface area contributed by atoms with Crippen LogP contribution in [0.25, 0.3) is 0 Å². The number of nitrogens with zero attached hydrogens (tertiary/aromatic N) is 1. The van der Waals surface area contributed by atoms with Crippen molar-refractivity contribution in [2.75, 3.05) is 13.2 Å². The van der Waals surface area contributed by atoms with E-state index in [1.54, 1.807) is 30.3 Å². The largest absolute Gasteiger partial charge is 0.468 e. The second-order valence-corrected chi connectivity index (χ2v) is 14.3. The van der Waals surface area contributed by atoms with Crippen molar-refractivity contribution in [3.05, 3.63) is 138 Å². The van der Waals surface area contributed by atoms with E-state index in [1.165, 1.54) is 24.3 Å². The summed E-state index contributed by atoms with van der Waals surface area (Å²) in [4.78, 5) is 16.9. The van der Waals surface area contributed by atoms with Crippen LogP contribution in [0.5, 0.6) is 0 Å². The van der Waals surface area contributed by atoms with Crippen LogP contribution in [0.1, 0.15) is 16.7 Å². The molecule has 0 saturated carbocycles. The van der Waals surface area contributed by atoms with E-state index in [4.69, 9.17) is 63.2 Å². The van der Waals surface area contributed by atoms with Gasteiger partial charge < -0.3 is 33.7 Å². The zero-order valence-corrected chi connectivity index (χ0v) is 30.3. The number of ether oxygens (including phenoxy) is 6. The van der Waals surface area contributed by atoms with Gasteiger partial charge >= 0.3 is 12.3 Å². The molecule has 1 unspecified atom stereocenters. The van der Waals surface area contributed by atoms with Gasteiger partial charge in [0.15, 0.2) is 0 Å². The number of benzene rings is 4. The minimum atomic E-state index is -5.08. The van der Waals surface area contributed by atoms with Crippen molar-refractivity contribution in [3.63, 3.8) is 0 Å². The number of halogens is 6. The Hall–Kier alpha value is -3.88. The molecule has 9 nitrogen and oxygen atoms in total.